The van der Waals surface area contributed by atoms with Crippen LogP contribution in [0.25, 0.3) is 0 Å². The summed E-state index contributed by atoms with van der Waals surface area (Å²) in [7, 11) is -2.87. The molecule has 3 aliphatic rings. The maximum atomic E-state index is 9.48. The molecule has 236 valence electrons. The highest BCUT2D eigenvalue weighted by molar-refractivity contribution is 6.74. The fourth-order valence-electron chi connectivity index (χ4n) is 8.35. The van der Waals surface area contributed by atoms with E-state index in [4.69, 9.17) is 20.0 Å². The van der Waals surface area contributed by atoms with E-state index in [2.05, 4.69) is 114 Å². The first-order chi connectivity index (χ1) is 19.1. The number of ether oxygens (including phenoxy) is 1. The first kappa shape index (κ1) is 31.9. The molecule has 3 rings (SSSR count). The first-order valence-electron chi connectivity index (χ1n) is 17.3. The zero-order chi connectivity index (χ0) is 33.4. The van der Waals surface area contributed by atoms with Gasteiger partial charge in [-0.3, -0.25) is 0 Å². The Bertz CT molecular complexity index is 1110. The molecular formula is C36H66O3Si2. The third-order valence-corrected chi connectivity index (χ3v) is 21.9. The van der Waals surface area contributed by atoms with E-state index >= 15 is 0 Å². The summed E-state index contributed by atoms with van der Waals surface area (Å²) in [6, 6.07) is 0. The van der Waals surface area contributed by atoms with Crippen LogP contribution in [0, 0.1) is 58.2 Å². The monoisotopic (exact) mass is 604 g/mol. The van der Waals surface area contributed by atoms with E-state index in [1.807, 2.05) is 0 Å². The molecule has 2 saturated carbocycles. The molecule has 0 radical (unpaired) electrons. The second-order valence-corrected chi connectivity index (χ2v) is 27.4. The lowest BCUT2D eigenvalue weighted by atomic mass is 9.39. The summed E-state index contributed by atoms with van der Waals surface area (Å²) in [5.41, 5.74) is -1.78. The summed E-state index contributed by atoms with van der Waals surface area (Å²) in [5.74, 6) is 6.25. The second-order valence-electron chi connectivity index (χ2n) is 17.9. The fraction of sp³-hybridized carbons (Fsp3) is 0.889. The molecule has 3 nitrogen and oxygen atoms in total. The molecule has 9 atom stereocenters. The highest BCUT2D eigenvalue weighted by Gasteiger charge is 2.68. The molecule has 0 N–H and O–H groups in total. The number of hydrogen-bond acceptors (Lipinski definition) is 3. The maximum Gasteiger partial charge on any atom is 0.192 e. The van der Waals surface area contributed by atoms with Crippen LogP contribution in [0.4, 0.5) is 0 Å². The average molecular weight is 605 g/mol. The van der Waals surface area contributed by atoms with Gasteiger partial charge in [0.1, 0.15) is 5.76 Å². The predicted molar refractivity (Wildman–Crippen MR) is 181 cm³/mol. The molecule has 5 heteroatoms. The Morgan fingerprint density at radius 2 is 1.54 bits per heavy atom. The van der Waals surface area contributed by atoms with Crippen LogP contribution >= 0.6 is 0 Å². The number of allylic oxidation sites excluding steroid dienone is 2. The van der Waals surface area contributed by atoms with Gasteiger partial charge in [-0.2, -0.15) is 0 Å². The van der Waals surface area contributed by atoms with Crippen molar-refractivity contribution in [1.29, 1.82) is 0 Å². The lowest BCUT2D eigenvalue weighted by Gasteiger charge is -2.67. The zero-order valence-electron chi connectivity index (χ0n) is 31.7. The van der Waals surface area contributed by atoms with Gasteiger partial charge in [-0.05, 0) is 109 Å². The fourth-order valence-corrected chi connectivity index (χ4v) is 10.4. The van der Waals surface area contributed by atoms with Gasteiger partial charge in [0, 0.05) is 18.6 Å². The normalized spacial score (nSPS) is 41.3. The van der Waals surface area contributed by atoms with Gasteiger partial charge < -0.3 is 13.6 Å². The Balaban J connectivity index is 2.32. The number of fused-ring (bicyclic) bond motifs is 3. The highest BCUT2D eigenvalue weighted by atomic mass is 28.4. The Hall–Kier alpha value is -0.546. The van der Waals surface area contributed by atoms with E-state index in [9.17, 15) is 2.74 Å². The van der Waals surface area contributed by atoms with Crippen LogP contribution in [0.1, 0.15) is 105 Å². The summed E-state index contributed by atoms with van der Waals surface area (Å²) < 4.78 is 39.3. The number of rotatable bonds is 7. The number of hydrogen-bond donors (Lipinski definition) is 0. The lowest BCUT2D eigenvalue weighted by Crippen LogP contribution is -2.66. The molecule has 0 bridgehead atoms. The van der Waals surface area contributed by atoms with Crippen molar-refractivity contribution in [3.8, 4) is 12.3 Å². The van der Waals surface area contributed by atoms with E-state index in [0.29, 0.717) is 23.7 Å². The van der Waals surface area contributed by atoms with Crippen molar-refractivity contribution < 1.29 is 16.3 Å². The van der Waals surface area contributed by atoms with Gasteiger partial charge in [-0.15, -0.1) is 6.42 Å². The Labute approximate surface area is 260 Å². The van der Waals surface area contributed by atoms with Crippen LogP contribution in [-0.4, -0.2) is 36.4 Å². The zero-order valence-corrected chi connectivity index (χ0v) is 31.7. The summed E-state index contributed by atoms with van der Waals surface area (Å²) in [4.78, 5) is 0. The molecule has 0 aromatic heterocycles. The van der Waals surface area contributed by atoms with Crippen molar-refractivity contribution in [3.63, 3.8) is 0 Å². The maximum absolute atomic E-state index is 9.48. The Morgan fingerprint density at radius 1 is 0.976 bits per heavy atom. The van der Waals surface area contributed by atoms with Crippen LogP contribution in [-0.2, 0) is 13.6 Å². The van der Waals surface area contributed by atoms with Crippen LogP contribution in [0.2, 0.25) is 36.3 Å². The van der Waals surface area contributed by atoms with Gasteiger partial charge in [-0.25, -0.2) is 0 Å². The molecule has 0 aromatic rings. The van der Waals surface area contributed by atoms with Crippen molar-refractivity contribution in [2.24, 2.45) is 45.8 Å². The molecule has 0 spiro atoms. The molecule has 0 heterocycles. The Kier molecular flexibility index (Phi) is 8.64. The van der Waals surface area contributed by atoms with E-state index in [0.717, 1.165) is 12.2 Å². The van der Waals surface area contributed by atoms with E-state index in [1.165, 1.54) is 12.8 Å². The third kappa shape index (κ3) is 5.83. The average Bonchev–Trinajstić information content (AvgIpc) is 2.79. The molecule has 0 saturated heterocycles. The van der Waals surface area contributed by atoms with Crippen molar-refractivity contribution in [3.05, 3.63) is 11.8 Å². The summed E-state index contributed by atoms with van der Waals surface area (Å²) in [5, 5.41) is -0.0588. The minimum Gasteiger partial charge on any atom is -0.500 e. The van der Waals surface area contributed by atoms with Gasteiger partial charge in [0.25, 0.3) is 0 Å². The van der Waals surface area contributed by atoms with Crippen molar-refractivity contribution in [2.75, 3.05) is 13.7 Å². The molecule has 2 fully saturated rings. The topological polar surface area (TPSA) is 27.7 Å². The molecule has 0 aromatic carbocycles. The summed E-state index contributed by atoms with van der Waals surface area (Å²) in [6.07, 6.45) is 12.5. The van der Waals surface area contributed by atoms with E-state index in [-0.39, 0.29) is 33.9 Å². The minimum atomic E-state index is -2.43. The largest absolute Gasteiger partial charge is 0.500 e. The lowest BCUT2D eigenvalue weighted by molar-refractivity contribution is -0.177. The highest BCUT2D eigenvalue weighted by Crippen LogP contribution is 2.70. The predicted octanol–water partition coefficient (Wildman–Crippen LogP) is 10.3. The minimum absolute atomic E-state index is 0.00548. The van der Waals surface area contributed by atoms with Crippen LogP contribution in [0.3, 0.4) is 0 Å². The van der Waals surface area contributed by atoms with Gasteiger partial charge in [-0.1, -0.05) is 75.2 Å². The van der Waals surface area contributed by atoms with Crippen LogP contribution < -0.4 is 0 Å². The SMILES string of the molecule is [2H]C([2H])(C[C@@]1(C)[C@H]2[C@@H](O[Si](C)(C)C(C)(C)C)C[C@@H]3[C@H](C)C[C@H](C)C[C@H]3[C@]2(C)C=C(OC)[C@@]1(C)C#C)O[Si](C)(C)C(C)(C)C. The quantitative estimate of drug-likeness (QED) is 0.214. The van der Waals surface area contributed by atoms with E-state index in [1.54, 1.807) is 7.11 Å². The van der Waals surface area contributed by atoms with Crippen molar-refractivity contribution in [1.82, 2.24) is 0 Å². The van der Waals surface area contributed by atoms with Gasteiger partial charge in [0.15, 0.2) is 16.6 Å². The molecule has 0 aliphatic heterocycles. The van der Waals surface area contributed by atoms with Gasteiger partial charge >= 0.3 is 0 Å². The van der Waals surface area contributed by atoms with Crippen LogP contribution in [0.15, 0.2) is 11.8 Å². The molecule has 0 amide bonds. The smallest absolute Gasteiger partial charge is 0.192 e. The van der Waals surface area contributed by atoms with Crippen molar-refractivity contribution in [2.45, 2.75) is 144 Å². The van der Waals surface area contributed by atoms with Gasteiger partial charge in [0.05, 0.1) is 15.3 Å². The molecule has 3 aliphatic carbocycles. The summed E-state index contributed by atoms with van der Waals surface area (Å²) >= 11 is 0. The van der Waals surface area contributed by atoms with E-state index < -0.39 is 34.0 Å². The van der Waals surface area contributed by atoms with Crippen molar-refractivity contribution >= 4 is 16.6 Å². The molecular weight excluding hydrogens is 537 g/mol. The standard InChI is InChI=1S/C36H66O3Si2/c1-18-35(11)30(37-13)24-34(10)28-22-25(2)21-26(3)27(28)23-29(39-41(16,17)33(7,8)9)31(34)36(35,12)19-20-38-40(14,15)32(4,5)6/h1,24-29,31H,19-23H2,2-17H3/t25-,26+,27+,28+,29-,31-,34-,35+,36-/m0/s1/i20D2. The number of methoxy groups -OCH3 is 1. The molecule has 0 unspecified atom stereocenters. The molecule has 41 heavy (non-hydrogen) atoms. The first-order valence-corrected chi connectivity index (χ1v) is 22.1. The number of terminal acetylenes is 1. The summed E-state index contributed by atoms with van der Waals surface area (Å²) in [6.45, 7) is 32.2. The third-order valence-electron chi connectivity index (χ3n) is 13.1. The van der Waals surface area contributed by atoms with Gasteiger partial charge in [0.2, 0.25) is 0 Å². The Morgan fingerprint density at radius 3 is 2.02 bits per heavy atom. The second kappa shape index (κ2) is 11.1. The van der Waals surface area contributed by atoms with Crippen LogP contribution in [0.5, 0.6) is 0 Å².